The molecule has 82 valence electrons. The van der Waals surface area contributed by atoms with E-state index < -0.39 is 0 Å². The van der Waals surface area contributed by atoms with Crippen molar-refractivity contribution in [1.82, 2.24) is 5.32 Å². The number of benzene rings is 1. The Morgan fingerprint density at radius 3 is 3.00 bits per heavy atom. The normalized spacial score (nSPS) is 21.3. The van der Waals surface area contributed by atoms with Crippen LogP contribution in [-0.2, 0) is 0 Å². The number of phenols is 1. The number of halogens is 1. The molecule has 2 rings (SSSR count). The Hall–Kier alpha value is -0.740. The molecule has 0 saturated carbocycles. The van der Waals surface area contributed by atoms with E-state index >= 15 is 0 Å². The third kappa shape index (κ3) is 2.63. The Kier molecular flexibility index (Phi) is 3.49. The molecule has 1 fully saturated rings. The van der Waals surface area contributed by atoms with Crippen molar-refractivity contribution in [2.75, 3.05) is 13.1 Å². The Balaban J connectivity index is 2.09. The van der Waals surface area contributed by atoms with Crippen LogP contribution in [0.3, 0.4) is 0 Å². The zero-order valence-corrected chi connectivity index (χ0v) is 9.96. The van der Waals surface area contributed by atoms with Crippen LogP contribution in [-0.4, -0.2) is 24.3 Å². The summed E-state index contributed by atoms with van der Waals surface area (Å²) in [5.41, 5.74) is 0. The van der Waals surface area contributed by atoms with Crippen molar-refractivity contribution in [2.24, 2.45) is 0 Å². The lowest BCUT2D eigenvalue weighted by molar-refractivity contribution is 0.160. The number of hydrogen-bond acceptors (Lipinski definition) is 3. The largest absolute Gasteiger partial charge is 0.504 e. The number of ether oxygens (including phenoxy) is 1. The van der Waals surface area contributed by atoms with Crippen LogP contribution in [0.5, 0.6) is 11.5 Å². The number of rotatable bonds is 2. The van der Waals surface area contributed by atoms with E-state index in [1.165, 1.54) is 0 Å². The SMILES string of the molecule is Oc1cccc(Br)c1OC1CCCNC1. The molecule has 1 heterocycles. The highest BCUT2D eigenvalue weighted by atomic mass is 79.9. The van der Waals surface area contributed by atoms with Gasteiger partial charge in [-0.05, 0) is 47.4 Å². The summed E-state index contributed by atoms with van der Waals surface area (Å²) in [6, 6.07) is 5.28. The molecule has 0 aromatic heterocycles. The molecule has 1 aliphatic rings. The molecule has 0 bridgehead atoms. The van der Waals surface area contributed by atoms with Crippen LogP contribution in [0.4, 0.5) is 0 Å². The standard InChI is InChI=1S/C11H14BrNO2/c12-9-4-1-5-10(14)11(9)15-8-3-2-6-13-7-8/h1,4-5,8,13-14H,2-3,6-7H2. The van der Waals surface area contributed by atoms with Gasteiger partial charge in [-0.1, -0.05) is 6.07 Å². The molecule has 3 nitrogen and oxygen atoms in total. The van der Waals surface area contributed by atoms with Crippen LogP contribution in [0.2, 0.25) is 0 Å². The second-order valence-electron chi connectivity index (χ2n) is 3.67. The van der Waals surface area contributed by atoms with Gasteiger partial charge < -0.3 is 15.2 Å². The molecular weight excluding hydrogens is 258 g/mol. The quantitative estimate of drug-likeness (QED) is 0.867. The number of hydrogen-bond donors (Lipinski definition) is 2. The lowest BCUT2D eigenvalue weighted by Crippen LogP contribution is -2.37. The van der Waals surface area contributed by atoms with Gasteiger partial charge in [0.25, 0.3) is 0 Å². The minimum atomic E-state index is 0.156. The van der Waals surface area contributed by atoms with Crippen molar-refractivity contribution < 1.29 is 9.84 Å². The topological polar surface area (TPSA) is 41.5 Å². The Morgan fingerprint density at radius 1 is 1.47 bits per heavy atom. The molecule has 1 aliphatic heterocycles. The van der Waals surface area contributed by atoms with Crippen LogP contribution < -0.4 is 10.1 Å². The molecule has 1 atom stereocenters. The molecule has 1 saturated heterocycles. The van der Waals surface area contributed by atoms with Crippen molar-refractivity contribution in [2.45, 2.75) is 18.9 Å². The fraction of sp³-hybridized carbons (Fsp3) is 0.455. The summed E-state index contributed by atoms with van der Waals surface area (Å²) in [4.78, 5) is 0. The number of nitrogens with one attached hydrogen (secondary N) is 1. The van der Waals surface area contributed by atoms with Gasteiger partial charge in [-0.3, -0.25) is 0 Å². The smallest absolute Gasteiger partial charge is 0.175 e. The fourth-order valence-electron chi connectivity index (χ4n) is 1.70. The average molecular weight is 272 g/mol. The molecule has 1 aromatic rings. The molecular formula is C11H14BrNO2. The van der Waals surface area contributed by atoms with Gasteiger partial charge in [0.15, 0.2) is 11.5 Å². The minimum absolute atomic E-state index is 0.156. The maximum Gasteiger partial charge on any atom is 0.175 e. The summed E-state index contributed by atoms with van der Waals surface area (Å²) < 4.78 is 6.56. The van der Waals surface area contributed by atoms with E-state index in [-0.39, 0.29) is 11.9 Å². The molecule has 0 amide bonds. The van der Waals surface area contributed by atoms with Crippen molar-refractivity contribution in [1.29, 1.82) is 0 Å². The van der Waals surface area contributed by atoms with Crippen LogP contribution in [0.1, 0.15) is 12.8 Å². The van der Waals surface area contributed by atoms with Gasteiger partial charge in [0.05, 0.1) is 4.47 Å². The zero-order valence-electron chi connectivity index (χ0n) is 8.37. The minimum Gasteiger partial charge on any atom is -0.504 e. The zero-order chi connectivity index (χ0) is 10.7. The molecule has 2 N–H and O–H groups in total. The molecule has 0 radical (unpaired) electrons. The molecule has 0 spiro atoms. The molecule has 0 aliphatic carbocycles. The van der Waals surface area contributed by atoms with Gasteiger partial charge in [-0.15, -0.1) is 0 Å². The van der Waals surface area contributed by atoms with Gasteiger partial charge in [0.1, 0.15) is 6.10 Å². The second kappa shape index (κ2) is 4.86. The van der Waals surface area contributed by atoms with Crippen molar-refractivity contribution in [3.05, 3.63) is 22.7 Å². The van der Waals surface area contributed by atoms with E-state index in [0.29, 0.717) is 5.75 Å². The molecule has 15 heavy (non-hydrogen) atoms. The Labute approximate surface area is 97.6 Å². The average Bonchev–Trinajstić information content (AvgIpc) is 2.25. The summed E-state index contributed by atoms with van der Waals surface area (Å²) >= 11 is 3.37. The predicted octanol–water partition coefficient (Wildman–Crippen LogP) is 2.29. The van der Waals surface area contributed by atoms with Crippen molar-refractivity contribution in [3.63, 3.8) is 0 Å². The van der Waals surface area contributed by atoms with Crippen molar-refractivity contribution in [3.8, 4) is 11.5 Å². The van der Waals surface area contributed by atoms with Gasteiger partial charge in [0, 0.05) is 6.54 Å². The number of phenolic OH excluding ortho intramolecular Hbond substituents is 1. The van der Waals surface area contributed by atoms with Crippen LogP contribution in [0.25, 0.3) is 0 Å². The summed E-state index contributed by atoms with van der Waals surface area (Å²) in [5.74, 6) is 0.737. The molecule has 1 unspecified atom stereocenters. The first-order valence-corrected chi connectivity index (χ1v) is 5.91. The molecule has 1 aromatic carbocycles. The first-order chi connectivity index (χ1) is 7.27. The summed E-state index contributed by atoms with van der Waals surface area (Å²) in [5, 5.41) is 12.9. The van der Waals surface area contributed by atoms with Crippen molar-refractivity contribution >= 4 is 15.9 Å². The first-order valence-electron chi connectivity index (χ1n) is 5.12. The fourth-order valence-corrected chi connectivity index (χ4v) is 2.15. The van der Waals surface area contributed by atoms with E-state index in [1.807, 2.05) is 6.07 Å². The lowest BCUT2D eigenvalue weighted by Gasteiger charge is -2.24. The van der Waals surface area contributed by atoms with E-state index in [0.717, 1.165) is 30.4 Å². The number of piperidine rings is 1. The predicted molar refractivity (Wildman–Crippen MR) is 62.3 cm³/mol. The van der Waals surface area contributed by atoms with Crippen LogP contribution in [0.15, 0.2) is 22.7 Å². The summed E-state index contributed by atoms with van der Waals surface area (Å²) in [7, 11) is 0. The Morgan fingerprint density at radius 2 is 2.33 bits per heavy atom. The monoisotopic (exact) mass is 271 g/mol. The summed E-state index contributed by atoms with van der Waals surface area (Å²) in [6.07, 6.45) is 2.31. The third-order valence-electron chi connectivity index (χ3n) is 2.48. The van der Waals surface area contributed by atoms with Gasteiger partial charge in [0.2, 0.25) is 0 Å². The molecule has 4 heteroatoms. The maximum atomic E-state index is 9.65. The van der Waals surface area contributed by atoms with E-state index in [2.05, 4.69) is 21.2 Å². The lowest BCUT2D eigenvalue weighted by atomic mass is 10.1. The number of para-hydroxylation sites is 1. The highest BCUT2D eigenvalue weighted by molar-refractivity contribution is 9.10. The van der Waals surface area contributed by atoms with Gasteiger partial charge in [-0.2, -0.15) is 0 Å². The van der Waals surface area contributed by atoms with Crippen LogP contribution in [0, 0.1) is 0 Å². The maximum absolute atomic E-state index is 9.65. The summed E-state index contributed by atoms with van der Waals surface area (Å²) in [6.45, 7) is 1.91. The van der Waals surface area contributed by atoms with Crippen LogP contribution >= 0.6 is 15.9 Å². The second-order valence-corrected chi connectivity index (χ2v) is 4.53. The van der Waals surface area contributed by atoms with E-state index in [4.69, 9.17) is 4.74 Å². The third-order valence-corrected chi connectivity index (χ3v) is 3.11. The first kappa shape index (κ1) is 10.8. The number of aromatic hydroxyl groups is 1. The van der Waals surface area contributed by atoms with E-state index in [9.17, 15) is 5.11 Å². The highest BCUT2D eigenvalue weighted by Crippen LogP contribution is 2.35. The van der Waals surface area contributed by atoms with E-state index in [1.54, 1.807) is 12.1 Å². The van der Waals surface area contributed by atoms with Gasteiger partial charge >= 0.3 is 0 Å². The Bertz CT molecular complexity index is 317. The highest BCUT2D eigenvalue weighted by Gasteiger charge is 2.17. The van der Waals surface area contributed by atoms with Gasteiger partial charge in [-0.25, -0.2) is 0 Å².